The minimum Gasteiger partial charge on any atom is -0.297 e. The van der Waals surface area contributed by atoms with Crippen molar-refractivity contribution in [1.82, 2.24) is 14.8 Å². The maximum Gasteiger partial charge on any atom is 0.259 e. The Balaban J connectivity index is 1.88. The molecule has 1 aliphatic rings. The summed E-state index contributed by atoms with van der Waals surface area (Å²) in [6, 6.07) is 4.33. The lowest BCUT2D eigenvalue weighted by molar-refractivity contribution is 0.102. The zero-order chi connectivity index (χ0) is 14.3. The first-order valence-electron chi connectivity index (χ1n) is 6.54. The summed E-state index contributed by atoms with van der Waals surface area (Å²) < 4.78 is 2.74. The summed E-state index contributed by atoms with van der Waals surface area (Å²) >= 11 is 3.48. The van der Waals surface area contributed by atoms with Gasteiger partial charge in [-0.25, -0.2) is 0 Å². The van der Waals surface area contributed by atoms with Crippen molar-refractivity contribution in [1.29, 1.82) is 0 Å². The Labute approximate surface area is 125 Å². The Kier molecular flexibility index (Phi) is 3.33. The Morgan fingerprint density at radius 1 is 1.40 bits per heavy atom. The molecule has 0 spiro atoms. The largest absolute Gasteiger partial charge is 0.297 e. The highest BCUT2D eigenvalue weighted by atomic mass is 79.9. The molecule has 104 valence electrons. The van der Waals surface area contributed by atoms with E-state index in [4.69, 9.17) is 0 Å². The lowest BCUT2D eigenvalue weighted by Crippen LogP contribution is -2.16. The molecule has 1 amide bonds. The Hall–Kier alpha value is -1.69. The van der Waals surface area contributed by atoms with Crippen LogP contribution in [0.25, 0.3) is 0 Å². The van der Waals surface area contributed by atoms with Crippen LogP contribution in [0.3, 0.4) is 0 Å². The second-order valence-electron chi connectivity index (χ2n) is 5.19. The summed E-state index contributed by atoms with van der Waals surface area (Å²) in [5, 5.41) is 10.7. The molecule has 0 saturated heterocycles. The van der Waals surface area contributed by atoms with Crippen molar-refractivity contribution < 1.29 is 4.79 Å². The first-order chi connectivity index (χ1) is 9.56. The number of benzene rings is 1. The number of carbonyl (C=O) groups excluding carboxylic acids is 1. The van der Waals surface area contributed by atoms with Crippen LogP contribution >= 0.6 is 15.9 Å². The van der Waals surface area contributed by atoms with Crippen molar-refractivity contribution in [2.45, 2.75) is 32.7 Å². The fraction of sp³-hybridized carbons (Fsp3) is 0.357. The predicted octanol–water partition coefficient (Wildman–Crippen LogP) is 3.24. The molecule has 5 nitrogen and oxygen atoms in total. The molecule has 20 heavy (non-hydrogen) atoms. The number of halogens is 1. The zero-order valence-corrected chi connectivity index (χ0v) is 12.9. The minimum atomic E-state index is -0.168. The molecular weight excluding hydrogens is 320 g/mol. The normalized spacial score (nSPS) is 14.3. The van der Waals surface area contributed by atoms with Crippen molar-refractivity contribution in [2.24, 2.45) is 0 Å². The first kappa shape index (κ1) is 13.3. The van der Waals surface area contributed by atoms with E-state index in [1.165, 1.54) is 0 Å². The molecule has 0 radical (unpaired) electrons. The molecule has 1 aromatic carbocycles. The minimum absolute atomic E-state index is 0.168. The van der Waals surface area contributed by atoms with Crippen molar-refractivity contribution >= 4 is 27.8 Å². The summed E-state index contributed by atoms with van der Waals surface area (Å²) in [4.78, 5) is 12.4. The molecule has 6 heteroatoms. The van der Waals surface area contributed by atoms with Crippen molar-refractivity contribution in [3.8, 4) is 0 Å². The van der Waals surface area contributed by atoms with Gasteiger partial charge in [-0.3, -0.25) is 14.7 Å². The smallest absolute Gasteiger partial charge is 0.259 e. The van der Waals surface area contributed by atoms with Crippen LogP contribution in [0.2, 0.25) is 0 Å². The predicted molar refractivity (Wildman–Crippen MR) is 79.9 cm³/mol. The number of nitrogens with zero attached hydrogens (tertiary/aromatic N) is 3. The number of aromatic nitrogens is 3. The molecule has 0 atom stereocenters. The van der Waals surface area contributed by atoms with Crippen LogP contribution in [0.4, 0.5) is 5.95 Å². The monoisotopic (exact) mass is 334 g/mol. The summed E-state index contributed by atoms with van der Waals surface area (Å²) in [5.74, 6) is 0.349. The van der Waals surface area contributed by atoms with Gasteiger partial charge in [-0.1, -0.05) is 6.07 Å². The number of anilines is 1. The molecule has 1 N–H and O–H groups in total. The lowest BCUT2D eigenvalue weighted by Gasteiger charge is -2.10. The molecule has 3 rings (SSSR count). The van der Waals surface area contributed by atoms with Gasteiger partial charge in [0.05, 0.1) is 5.56 Å². The number of carbonyl (C=O) groups is 1. The quantitative estimate of drug-likeness (QED) is 0.937. The van der Waals surface area contributed by atoms with Gasteiger partial charge in [0, 0.05) is 10.5 Å². The van der Waals surface area contributed by atoms with E-state index in [0.717, 1.165) is 28.4 Å². The lowest BCUT2D eigenvalue weighted by atomic mass is 10.1. The van der Waals surface area contributed by atoms with E-state index in [1.54, 1.807) is 6.33 Å². The van der Waals surface area contributed by atoms with E-state index in [2.05, 4.69) is 31.4 Å². The average molecular weight is 335 g/mol. The maximum atomic E-state index is 12.4. The number of amides is 1. The number of hydrogen-bond acceptors (Lipinski definition) is 3. The fourth-order valence-electron chi connectivity index (χ4n) is 2.24. The van der Waals surface area contributed by atoms with Crippen LogP contribution in [0.1, 0.15) is 40.4 Å². The average Bonchev–Trinajstić information content (AvgIpc) is 3.14. The van der Waals surface area contributed by atoms with Gasteiger partial charge < -0.3 is 0 Å². The Morgan fingerprint density at radius 3 is 2.85 bits per heavy atom. The zero-order valence-electron chi connectivity index (χ0n) is 11.4. The van der Waals surface area contributed by atoms with E-state index in [0.29, 0.717) is 17.6 Å². The second kappa shape index (κ2) is 5.01. The third-order valence-electron chi connectivity index (χ3n) is 3.38. The SMILES string of the molecule is Cc1cc(C)c(Br)c(C(=O)Nc2nncn2C2CC2)c1. The third kappa shape index (κ3) is 2.47. The molecule has 1 saturated carbocycles. The second-order valence-corrected chi connectivity index (χ2v) is 5.98. The Bertz CT molecular complexity index is 676. The van der Waals surface area contributed by atoms with Gasteiger partial charge in [-0.15, -0.1) is 10.2 Å². The highest BCUT2D eigenvalue weighted by Crippen LogP contribution is 2.36. The van der Waals surface area contributed by atoms with Crippen LogP contribution in [-0.4, -0.2) is 20.7 Å². The molecule has 0 bridgehead atoms. The number of hydrogen-bond donors (Lipinski definition) is 1. The van der Waals surface area contributed by atoms with Gasteiger partial charge in [-0.05, 0) is 59.8 Å². The summed E-state index contributed by atoms with van der Waals surface area (Å²) in [6.45, 7) is 3.95. The van der Waals surface area contributed by atoms with Crippen LogP contribution in [0.15, 0.2) is 22.9 Å². The van der Waals surface area contributed by atoms with Crippen LogP contribution in [0, 0.1) is 13.8 Å². The van der Waals surface area contributed by atoms with Crippen LogP contribution in [-0.2, 0) is 0 Å². The van der Waals surface area contributed by atoms with Crippen molar-refractivity contribution in [3.05, 3.63) is 39.6 Å². The van der Waals surface area contributed by atoms with Crippen molar-refractivity contribution in [2.75, 3.05) is 5.32 Å². The highest BCUT2D eigenvalue weighted by molar-refractivity contribution is 9.10. The summed E-state index contributed by atoms with van der Waals surface area (Å²) in [5.41, 5.74) is 2.71. The summed E-state index contributed by atoms with van der Waals surface area (Å²) in [6.07, 6.45) is 3.91. The highest BCUT2D eigenvalue weighted by Gasteiger charge is 2.27. The number of nitrogens with one attached hydrogen (secondary N) is 1. The van der Waals surface area contributed by atoms with Gasteiger partial charge in [0.1, 0.15) is 6.33 Å². The molecule has 0 aliphatic heterocycles. The third-order valence-corrected chi connectivity index (χ3v) is 4.43. The first-order valence-corrected chi connectivity index (χ1v) is 7.33. The molecule has 1 aliphatic carbocycles. The number of aryl methyl sites for hydroxylation is 2. The molecule has 2 aromatic rings. The van der Waals surface area contributed by atoms with E-state index < -0.39 is 0 Å². The van der Waals surface area contributed by atoms with Gasteiger partial charge in [0.15, 0.2) is 0 Å². The van der Waals surface area contributed by atoms with Crippen LogP contribution in [0.5, 0.6) is 0 Å². The maximum absolute atomic E-state index is 12.4. The topological polar surface area (TPSA) is 59.8 Å². The van der Waals surface area contributed by atoms with E-state index in [-0.39, 0.29) is 5.91 Å². The van der Waals surface area contributed by atoms with Gasteiger partial charge in [0.25, 0.3) is 5.91 Å². The van der Waals surface area contributed by atoms with Gasteiger partial charge >= 0.3 is 0 Å². The molecule has 1 aromatic heterocycles. The molecular formula is C14H15BrN4O. The van der Waals surface area contributed by atoms with E-state index >= 15 is 0 Å². The molecule has 1 fully saturated rings. The van der Waals surface area contributed by atoms with Crippen molar-refractivity contribution in [3.63, 3.8) is 0 Å². The number of rotatable bonds is 3. The Morgan fingerprint density at radius 2 is 2.15 bits per heavy atom. The summed E-state index contributed by atoms with van der Waals surface area (Å²) in [7, 11) is 0. The molecule has 1 heterocycles. The van der Waals surface area contributed by atoms with Gasteiger partial charge in [0.2, 0.25) is 5.95 Å². The molecule has 0 unspecified atom stereocenters. The van der Waals surface area contributed by atoms with Gasteiger partial charge in [-0.2, -0.15) is 0 Å². The fourth-order valence-corrected chi connectivity index (χ4v) is 2.65. The van der Waals surface area contributed by atoms with E-state index in [1.807, 2.05) is 30.5 Å². The standard InChI is InChI=1S/C14H15BrN4O/c1-8-5-9(2)12(15)11(6-8)13(20)17-14-18-16-7-19(14)10-3-4-10/h5-7,10H,3-4H2,1-2H3,(H,17,18,20). The van der Waals surface area contributed by atoms with E-state index in [9.17, 15) is 4.79 Å². The van der Waals surface area contributed by atoms with Crippen LogP contribution < -0.4 is 5.32 Å².